The number of carbonyl (C=O) groups is 1. The first kappa shape index (κ1) is 24.5. The Morgan fingerprint density at radius 3 is 2.48 bits per heavy atom. The number of guanidine groups is 1. The van der Waals surface area contributed by atoms with Crippen LogP contribution < -0.4 is 25.4 Å². The summed E-state index contributed by atoms with van der Waals surface area (Å²) < 4.78 is 10.5. The molecule has 0 aliphatic carbocycles. The first-order chi connectivity index (χ1) is 13.5. The molecule has 0 spiro atoms. The lowest BCUT2D eigenvalue weighted by Crippen LogP contribution is -2.38. The molecule has 8 nitrogen and oxygen atoms in total. The van der Waals surface area contributed by atoms with Gasteiger partial charge < -0.3 is 25.4 Å². The maximum absolute atomic E-state index is 12.0. The fourth-order valence-electron chi connectivity index (χ4n) is 2.44. The van der Waals surface area contributed by atoms with Gasteiger partial charge in [-0.25, -0.2) is 4.98 Å². The number of benzene rings is 1. The van der Waals surface area contributed by atoms with Crippen LogP contribution in [-0.2, 0) is 11.3 Å². The van der Waals surface area contributed by atoms with Crippen LogP contribution in [0.15, 0.2) is 41.5 Å². The number of aromatic nitrogens is 1. The van der Waals surface area contributed by atoms with Crippen LogP contribution in [0, 0.1) is 6.92 Å². The first-order valence-electron chi connectivity index (χ1n) is 8.93. The third-order valence-electron chi connectivity index (χ3n) is 3.95. The lowest BCUT2D eigenvalue weighted by atomic mass is 10.2. The Morgan fingerprint density at radius 1 is 1.10 bits per heavy atom. The fourth-order valence-corrected chi connectivity index (χ4v) is 2.44. The predicted octanol–water partition coefficient (Wildman–Crippen LogP) is 2.72. The predicted molar refractivity (Wildman–Crippen MR) is 125 cm³/mol. The highest BCUT2D eigenvalue weighted by Crippen LogP contribution is 2.27. The largest absolute Gasteiger partial charge is 0.493 e. The van der Waals surface area contributed by atoms with E-state index in [1.807, 2.05) is 31.2 Å². The van der Waals surface area contributed by atoms with Crippen molar-refractivity contribution in [2.24, 2.45) is 4.99 Å². The molecule has 9 heteroatoms. The van der Waals surface area contributed by atoms with Crippen LogP contribution in [0.2, 0.25) is 0 Å². The molecule has 1 aromatic carbocycles. The molecule has 0 fully saturated rings. The van der Waals surface area contributed by atoms with Gasteiger partial charge in [-0.05, 0) is 36.2 Å². The van der Waals surface area contributed by atoms with Gasteiger partial charge in [-0.15, -0.1) is 24.0 Å². The Kier molecular flexibility index (Phi) is 10.8. The minimum Gasteiger partial charge on any atom is -0.493 e. The molecule has 0 radical (unpaired) electrons. The van der Waals surface area contributed by atoms with Crippen molar-refractivity contribution >= 4 is 41.7 Å². The summed E-state index contributed by atoms with van der Waals surface area (Å²) in [5, 5.41) is 9.09. The molecule has 1 amide bonds. The third-order valence-corrected chi connectivity index (χ3v) is 3.95. The second-order valence-corrected chi connectivity index (χ2v) is 6.06. The Hall–Kier alpha value is -2.56. The summed E-state index contributed by atoms with van der Waals surface area (Å²) in [4.78, 5) is 20.3. The summed E-state index contributed by atoms with van der Waals surface area (Å²) >= 11 is 0. The lowest BCUT2D eigenvalue weighted by Gasteiger charge is -2.13. The number of methoxy groups -OCH3 is 2. The average molecular weight is 513 g/mol. The van der Waals surface area contributed by atoms with Gasteiger partial charge >= 0.3 is 0 Å². The molecule has 2 rings (SSSR count). The van der Waals surface area contributed by atoms with E-state index in [9.17, 15) is 4.79 Å². The standard InChI is InChI=1S/C20H27N5O3.HI/c1-14-5-8-18(23-12-14)25-19(26)9-10-22-20(21-2)24-13-15-6-7-16(27-3)17(11-15)28-4;/h5-8,11-12H,9-10,13H2,1-4H3,(H2,21,22,24)(H,23,25,26);1H. The normalized spacial score (nSPS) is 10.6. The molecule has 0 unspecified atom stereocenters. The zero-order valence-corrected chi connectivity index (χ0v) is 19.4. The van der Waals surface area contributed by atoms with Crippen molar-refractivity contribution in [3.05, 3.63) is 47.7 Å². The van der Waals surface area contributed by atoms with Crippen molar-refractivity contribution in [1.82, 2.24) is 15.6 Å². The van der Waals surface area contributed by atoms with E-state index < -0.39 is 0 Å². The summed E-state index contributed by atoms with van der Waals surface area (Å²) in [5.74, 6) is 2.40. The Morgan fingerprint density at radius 2 is 1.86 bits per heavy atom. The maximum atomic E-state index is 12.0. The zero-order chi connectivity index (χ0) is 20.4. The van der Waals surface area contributed by atoms with E-state index in [2.05, 4.69) is 25.9 Å². The van der Waals surface area contributed by atoms with E-state index >= 15 is 0 Å². The molecule has 0 saturated heterocycles. The van der Waals surface area contributed by atoms with Crippen LogP contribution >= 0.6 is 24.0 Å². The molecular formula is C20H28IN5O3. The Balaban J connectivity index is 0.00000420. The summed E-state index contributed by atoms with van der Waals surface area (Å²) in [6.07, 6.45) is 2.01. The Bertz CT molecular complexity index is 812. The van der Waals surface area contributed by atoms with Crippen LogP contribution in [0.1, 0.15) is 17.5 Å². The minimum absolute atomic E-state index is 0. The second-order valence-electron chi connectivity index (χ2n) is 6.06. The van der Waals surface area contributed by atoms with Gasteiger partial charge in [0.2, 0.25) is 5.91 Å². The summed E-state index contributed by atoms with van der Waals surface area (Å²) in [6, 6.07) is 9.39. The number of amides is 1. The maximum Gasteiger partial charge on any atom is 0.227 e. The van der Waals surface area contributed by atoms with Crippen LogP contribution in [0.3, 0.4) is 0 Å². The monoisotopic (exact) mass is 513 g/mol. The molecule has 29 heavy (non-hydrogen) atoms. The number of hydrogen-bond acceptors (Lipinski definition) is 5. The molecule has 0 saturated carbocycles. The van der Waals surface area contributed by atoms with Crippen LogP contribution in [-0.4, -0.2) is 44.7 Å². The van der Waals surface area contributed by atoms with Gasteiger partial charge in [0.25, 0.3) is 0 Å². The number of hydrogen-bond donors (Lipinski definition) is 3. The molecule has 158 valence electrons. The summed E-state index contributed by atoms with van der Waals surface area (Å²) in [7, 11) is 4.89. The van der Waals surface area contributed by atoms with E-state index in [1.54, 1.807) is 33.5 Å². The van der Waals surface area contributed by atoms with Gasteiger partial charge in [0.1, 0.15) is 5.82 Å². The second kappa shape index (κ2) is 12.8. The Labute approximate surface area is 188 Å². The molecular weight excluding hydrogens is 485 g/mol. The number of anilines is 1. The van der Waals surface area contributed by atoms with Crippen molar-refractivity contribution in [2.75, 3.05) is 33.1 Å². The van der Waals surface area contributed by atoms with E-state index in [0.717, 1.165) is 11.1 Å². The molecule has 2 aromatic rings. The van der Waals surface area contributed by atoms with Crippen LogP contribution in [0.4, 0.5) is 5.82 Å². The molecule has 1 heterocycles. The molecule has 0 aliphatic rings. The van der Waals surface area contributed by atoms with Gasteiger partial charge in [-0.3, -0.25) is 9.79 Å². The SMILES string of the molecule is CN=C(NCCC(=O)Nc1ccc(C)cn1)NCc1ccc(OC)c(OC)c1.I. The van der Waals surface area contributed by atoms with E-state index in [4.69, 9.17) is 9.47 Å². The van der Waals surface area contributed by atoms with Crippen molar-refractivity contribution in [3.8, 4) is 11.5 Å². The van der Waals surface area contributed by atoms with Crippen LogP contribution in [0.25, 0.3) is 0 Å². The van der Waals surface area contributed by atoms with E-state index in [-0.39, 0.29) is 29.9 Å². The number of halogens is 1. The summed E-state index contributed by atoms with van der Waals surface area (Å²) in [5.41, 5.74) is 2.06. The average Bonchev–Trinajstić information content (AvgIpc) is 2.71. The zero-order valence-electron chi connectivity index (χ0n) is 17.1. The molecule has 1 aromatic heterocycles. The smallest absolute Gasteiger partial charge is 0.227 e. The number of aliphatic imine (C=N–C) groups is 1. The molecule has 3 N–H and O–H groups in total. The van der Waals surface area contributed by atoms with Crippen molar-refractivity contribution in [2.45, 2.75) is 19.9 Å². The topological polar surface area (TPSA) is 96.9 Å². The third kappa shape index (κ3) is 8.14. The number of nitrogens with one attached hydrogen (secondary N) is 3. The lowest BCUT2D eigenvalue weighted by molar-refractivity contribution is -0.116. The van der Waals surface area contributed by atoms with Crippen molar-refractivity contribution < 1.29 is 14.3 Å². The number of rotatable bonds is 8. The van der Waals surface area contributed by atoms with Gasteiger partial charge in [0, 0.05) is 32.8 Å². The molecule has 0 atom stereocenters. The number of carbonyl (C=O) groups excluding carboxylic acids is 1. The van der Waals surface area contributed by atoms with Gasteiger partial charge in [-0.2, -0.15) is 0 Å². The molecule has 0 bridgehead atoms. The van der Waals surface area contributed by atoms with E-state index in [0.29, 0.717) is 42.8 Å². The number of pyridine rings is 1. The highest BCUT2D eigenvalue weighted by atomic mass is 127. The van der Waals surface area contributed by atoms with Gasteiger partial charge in [0.05, 0.1) is 14.2 Å². The summed E-state index contributed by atoms with van der Waals surface area (Å²) in [6.45, 7) is 2.95. The fraction of sp³-hybridized carbons (Fsp3) is 0.350. The number of aryl methyl sites for hydroxylation is 1. The first-order valence-corrected chi connectivity index (χ1v) is 8.93. The van der Waals surface area contributed by atoms with Crippen LogP contribution in [0.5, 0.6) is 11.5 Å². The van der Waals surface area contributed by atoms with Gasteiger partial charge in [0.15, 0.2) is 17.5 Å². The van der Waals surface area contributed by atoms with Gasteiger partial charge in [-0.1, -0.05) is 12.1 Å². The number of ether oxygens (including phenoxy) is 2. The van der Waals surface area contributed by atoms with Crippen molar-refractivity contribution in [1.29, 1.82) is 0 Å². The highest BCUT2D eigenvalue weighted by Gasteiger charge is 2.07. The number of nitrogens with zero attached hydrogens (tertiary/aromatic N) is 2. The molecule has 0 aliphatic heterocycles. The van der Waals surface area contributed by atoms with E-state index in [1.165, 1.54) is 0 Å². The highest BCUT2D eigenvalue weighted by molar-refractivity contribution is 14.0. The quantitative estimate of drug-likeness (QED) is 0.286. The van der Waals surface area contributed by atoms with Crippen molar-refractivity contribution in [3.63, 3.8) is 0 Å². The minimum atomic E-state index is -0.112.